The summed E-state index contributed by atoms with van der Waals surface area (Å²) in [6.07, 6.45) is 3.72. The molecule has 0 bridgehead atoms. The molecule has 45 heavy (non-hydrogen) atoms. The van der Waals surface area contributed by atoms with E-state index in [-0.39, 0.29) is 29.9 Å². The molecule has 3 aromatic carbocycles. The van der Waals surface area contributed by atoms with E-state index in [2.05, 4.69) is 21.8 Å². The molecule has 2 amide bonds. The number of imidazole rings is 2. The molecule has 0 spiro atoms. The Balaban J connectivity index is 1.10. The number of rotatable bonds is 5. The molecule has 2 saturated heterocycles. The van der Waals surface area contributed by atoms with Gasteiger partial charge >= 0.3 is 0 Å². The summed E-state index contributed by atoms with van der Waals surface area (Å²) in [6.45, 7) is 3.11. The van der Waals surface area contributed by atoms with E-state index in [1.807, 2.05) is 95.5 Å². The molecule has 2 N–H and O–H groups in total. The van der Waals surface area contributed by atoms with Crippen molar-refractivity contribution in [3.05, 3.63) is 95.1 Å². The maximum atomic E-state index is 13.9. The van der Waals surface area contributed by atoms with Gasteiger partial charge in [0.15, 0.2) is 0 Å². The zero-order valence-electron chi connectivity index (χ0n) is 25.9. The second-order valence-corrected chi connectivity index (χ2v) is 12.3. The van der Waals surface area contributed by atoms with Crippen molar-refractivity contribution >= 4 is 33.9 Å². The van der Waals surface area contributed by atoms with E-state index < -0.39 is 0 Å². The van der Waals surface area contributed by atoms with Crippen molar-refractivity contribution in [2.45, 2.75) is 50.7 Å². The molecular weight excluding hydrogens is 562 g/mol. The maximum Gasteiger partial charge on any atom is 0.245 e. The van der Waals surface area contributed by atoms with E-state index in [0.717, 1.165) is 82.6 Å². The van der Waals surface area contributed by atoms with Gasteiger partial charge in [0.25, 0.3) is 0 Å². The average molecular weight is 600 g/mol. The summed E-state index contributed by atoms with van der Waals surface area (Å²) in [6, 6.07) is 21.5. The second-order valence-electron chi connectivity index (χ2n) is 12.3. The third-order valence-electron chi connectivity index (χ3n) is 9.04. The molecule has 0 unspecified atom stereocenters. The summed E-state index contributed by atoms with van der Waals surface area (Å²) in [5.74, 6) is 8.40. The van der Waals surface area contributed by atoms with Crippen molar-refractivity contribution in [1.29, 1.82) is 0 Å². The minimum absolute atomic E-state index is 0.00242. The summed E-state index contributed by atoms with van der Waals surface area (Å²) in [5, 5.41) is 0. The van der Waals surface area contributed by atoms with Gasteiger partial charge in [-0.25, -0.2) is 9.97 Å². The lowest BCUT2D eigenvalue weighted by molar-refractivity contribution is -0.137. The summed E-state index contributed by atoms with van der Waals surface area (Å²) in [4.78, 5) is 48.4. The van der Waals surface area contributed by atoms with E-state index in [9.17, 15) is 9.59 Å². The predicted molar refractivity (Wildman–Crippen MR) is 174 cm³/mol. The van der Waals surface area contributed by atoms with Crippen LogP contribution in [0.4, 0.5) is 0 Å². The van der Waals surface area contributed by atoms with Crippen LogP contribution >= 0.6 is 0 Å². The van der Waals surface area contributed by atoms with E-state index in [0.29, 0.717) is 6.54 Å². The Morgan fingerprint density at radius 3 is 1.87 bits per heavy atom. The molecule has 228 valence electrons. The highest BCUT2D eigenvalue weighted by molar-refractivity contribution is 5.84. The third kappa shape index (κ3) is 5.58. The van der Waals surface area contributed by atoms with Crippen molar-refractivity contribution in [1.82, 2.24) is 34.6 Å². The number of nitrogens with zero attached hydrogens (tertiary/aromatic N) is 5. The number of amides is 2. The monoisotopic (exact) mass is 599 g/mol. The quantitative estimate of drug-likeness (QED) is 0.260. The number of H-pyrrole nitrogens is 2. The first kappa shape index (κ1) is 28.8. The molecule has 0 saturated carbocycles. The Hall–Kier alpha value is -4.94. The van der Waals surface area contributed by atoms with E-state index in [1.165, 1.54) is 0 Å². The molecule has 9 heteroatoms. The highest BCUT2D eigenvalue weighted by atomic mass is 16.2. The van der Waals surface area contributed by atoms with Gasteiger partial charge in [0.1, 0.15) is 17.7 Å². The Bertz CT molecular complexity index is 1950. The molecule has 5 aromatic rings. The van der Waals surface area contributed by atoms with Crippen LogP contribution in [-0.2, 0) is 9.59 Å². The van der Waals surface area contributed by atoms with Crippen LogP contribution < -0.4 is 0 Å². The number of carbonyl (C=O) groups excluding carboxylic acids is 2. The van der Waals surface area contributed by atoms with Crippen LogP contribution in [0.1, 0.15) is 79.1 Å². The first-order chi connectivity index (χ1) is 21.9. The van der Waals surface area contributed by atoms with Crippen LogP contribution in [0.3, 0.4) is 0 Å². The zero-order chi connectivity index (χ0) is 31.1. The van der Waals surface area contributed by atoms with Crippen molar-refractivity contribution in [3.63, 3.8) is 0 Å². The van der Waals surface area contributed by atoms with Crippen LogP contribution in [0.5, 0.6) is 0 Å². The van der Waals surface area contributed by atoms with E-state index >= 15 is 0 Å². The fourth-order valence-corrected chi connectivity index (χ4v) is 6.86. The van der Waals surface area contributed by atoms with Crippen molar-refractivity contribution in [3.8, 4) is 11.8 Å². The molecule has 9 nitrogen and oxygen atoms in total. The minimum Gasteiger partial charge on any atom is -0.340 e. The third-order valence-corrected chi connectivity index (χ3v) is 9.04. The molecule has 3 atom stereocenters. The molecule has 2 aromatic heterocycles. The average Bonchev–Trinajstić information content (AvgIpc) is 3.84. The summed E-state index contributed by atoms with van der Waals surface area (Å²) in [7, 11) is 3.90. The molecule has 2 aliphatic heterocycles. The number of hydrogen-bond donors (Lipinski definition) is 2. The number of benzene rings is 3. The first-order valence-corrected chi connectivity index (χ1v) is 15.7. The fraction of sp³-hybridized carbons (Fsp3) is 0.333. The van der Waals surface area contributed by atoms with Gasteiger partial charge in [-0.1, -0.05) is 42.2 Å². The topological polar surface area (TPSA) is 101 Å². The fourth-order valence-electron chi connectivity index (χ4n) is 6.86. The van der Waals surface area contributed by atoms with E-state index in [4.69, 9.17) is 9.97 Å². The van der Waals surface area contributed by atoms with Crippen LogP contribution in [0.25, 0.3) is 22.1 Å². The summed E-state index contributed by atoms with van der Waals surface area (Å²) >= 11 is 0. The van der Waals surface area contributed by atoms with Crippen LogP contribution in [-0.4, -0.2) is 73.6 Å². The van der Waals surface area contributed by atoms with Gasteiger partial charge in [-0.3, -0.25) is 14.5 Å². The lowest BCUT2D eigenvalue weighted by Crippen LogP contribution is -2.40. The maximum absolute atomic E-state index is 13.9. The number of carbonyl (C=O) groups is 2. The van der Waals surface area contributed by atoms with Crippen molar-refractivity contribution in [2.75, 3.05) is 27.2 Å². The molecule has 7 rings (SSSR count). The summed E-state index contributed by atoms with van der Waals surface area (Å²) < 4.78 is 0. The van der Waals surface area contributed by atoms with Crippen molar-refractivity contribution in [2.24, 2.45) is 0 Å². The number of likely N-dealkylation sites (tertiary alicyclic amines) is 2. The number of nitrogens with one attached hydrogen (secondary N) is 2. The van der Waals surface area contributed by atoms with Gasteiger partial charge in [0.2, 0.25) is 11.8 Å². The van der Waals surface area contributed by atoms with Crippen LogP contribution in [0.15, 0.2) is 66.7 Å². The largest absolute Gasteiger partial charge is 0.340 e. The standard InChI is InChI=1S/C36H37N7O2/c1-23(44)42-19-7-11-31(42)34-37-27-17-15-24(21-29(27)39-34)13-14-25-16-18-28-30(22-25)40-35(38-28)32-12-8-20-43(32)36(45)33(41(2)3)26-9-5-4-6-10-26/h4-6,9-10,15-18,21-22,31-33H,7-8,11-12,19-20H2,1-3H3,(H,37,39)(H,38,40)/t31-,32-,33+/m0/s1. The Kier molecular flexibility index (Phi) is 7.60. The smallest absolute Gasteiger partial charge is 0.245 e. The predicted octanol–water partition coefficient (Wildman–Crippen LogP) is 5.49. The van der Waals surface area contributed by atoms with Gasteiger partial charge in [-0.2, -0.15) is 0 Å². The second kappa shape index (κ2) is 11.9. The Morgan fingerprint density at radius 1 is 0.800 bits per heavy atom. The van der Waals surface area contributed by atoms with Gasteiger partial charge < -0.3 is 19.8 Å². The molecule has 2 aliphatic rings. The van der Waals surface area contributed by atoms with E-state index in [1.54, 1.807) is 6.92 Å². The number of aromatic amines is 2. The molecule has 0 aliphatic carbocycles. The Labute approximate surface area is 262 Å². The van der Waals surface area contributed by atoms with Gasteiger partial charge in [-0.15, -0.1) is 0 Å². The lowest BCUT2D eigenvalue weighted by atomic mass is 10.0. The molecule has 0 radical (unpaired) electrons. The first-order valence-electron chi connectivity index (χ1n) is 15.7. The minimum atomic E-state index is -0.344. The van der Waals surface area contributed by atoms with Gasteiger partial charge in [0.05, 0.1) is 34.2 Å². The highest BCUT2D eigenvalue weighted by Crippen LogP contribution is 2.35. The Morgan fingerprint density at radius 2 is 1.33 bits per heavy atom. The number of aromatic nitrogens is 4. The zero-order valence-corrected chi connectivity index (χ0v) is 25.9. The van der Waals surface area contributed by atoms with Crippen molar-refractivity contribution < 1.29 is 9.59 Å². The SMILES string of the molecule is CC(=O)N1CCC[C@H]1c1nc2cc(C#Cc3ccc4[nH]c([C@@H]5CCCN5C(=O)[C@@H](c5ccccc5)N(C)C)nc4c3)ccc2[nH]1. The van der Waals surface area contributed by atoms with Gasteiger partial charge in [-0.05, 0) is 81.7 Å². The number of fused-ring (bicyclic) bond motifs is 2. The van der Waals surface area contributed by atoms with Crippen LogP contribution in [0.2, 0.25) is 0 Å². The molecular formula is C36H37N7O2. The highest BCUT2D eigenvalue weighted by Gasteiger charge is 2.37. The lowest BCUT2D eigenvalue weighted by Gasteiger charge is -2.31. The number of hydrogen-bond acceptors (Lipinski definition) is 5. The normalized spacial score (nSPS) is 18.9. The van der Waals surface area contributed by atoms with Crippen LogP contribution in [0, 0.1) is 11.8 Å². The van der Waals surface area contributed by atoms with Gasteiger partial charge in [0, 0.05) is 31.1 Å². The summed E-state index contributed by atoms with van der Waals surface area (Å²) in [5.41, 5.74) is 6.28. The number of likely N-dealkylation sites (N-methyl/N-ethyl adjacent to an activating group) is 1. The molecule has 2 fully saturated rings. The molecule has 4 heterocycles.